The molecule has 2 aromatic heterocycles. The van der Waals surface area contributed by atoms with Gasteiger partial charge < -0.3 is 4.90 Å². The highest BCUT2D eigenvalue weighted by molar-refractivity contribution is 7.99. The van der Waals surface area contributed by atoms with Crippen molar-refractivity contribution in [3.05, 3.63) is 47.7 Å². The molecular formula is C21H24N4O3S2. The Morgan fingerprint density at radius 1 is 1.27 bits per heavy atom. The molecule has 30 heavy (non-hydrogen) atoms. The number of fused-ring (bicyclic) bond motifs is 1. The van der Waals surface area contributed by atoms with Gasteiger partial charge in [-0.05, 0) is 31.9 Å². The molecule has 0 radical (unpaired) electrons. The Morgan fingerprint density at radius 3 is 2.67 bits per heavy atom. The largest absolute Gasteiger partial charge is 0.341 e. The zero-order chi connectivity index (χ0) is 21.5. The summed E-state index contributed by atoms with van der Waals surface area (Å²) >= 11 is 1.33. The Labute approximate surface area is 180 Å². The molecule has 1 aliphatic heterocycles. The zero-order valence-electron chi connectivity index (χ0n) is 17.2. The molecule has 0 bridgehead atoms. The van der Waals surface area contributed by atoms with Crippen LogP contribution in [0.3, 0.4) is 0 Å². The topological polar surface area (TPSA) is 84.6 Å². The average molecular weight is 445 g/mol. The van der Waals surface area contributed by atoms with Crippen molar-refractivity contribution in [1.82, 2.24) is 19.5 Å². The van der Waals surface area contributed by atoms with Gasteiger partial charge in [-0.15, -0.1) is 0 Å². The third kappa shape index (κ3) is 4.09. The molecule has 9 heteroatoms. The maximum Gasteiger partial charge on any atom is 0.233 e. The lowest BCUT2D eigenvalue weighted by atomic mass is 10.1. The first-order valence-electron chi connectivity index (χ1n) is 9.76. The number of nitrogens with zero attached hydrogens (tertiary/aromatic N) is 4. The van der Waals surface area contributed by atoms with E-state index in [-0.39, 0.29) is 29.2 Å². The van der Waals surface area contributed by atoms with E-state index in [1.165, 1.54) is 11.8 Å². The molecule has 3 aromatic rings. The van der Waals surface area contributed by atoms with E-state index in [2.05, 4.69) is 5.10 Å². The van der Waals surface area contributed by atoms with E-state index < -0.39 is 9.84 Å². The Bertz CT molecular complexity index is 1210. The monoisotopic (exact) mass is 444 g/mol. The lowest BCUT2D eigenvalue weighted by molar-refractivity contribution is -0.128. The number of hydrogen-bond donors (Lipinski definition) is 0. The summed E-state index contributed by atoms with van der Waals surface area (Å²) in [6.45, 7) is 3.97. The number of carbonyl (C=O) groups is 1. The predicted molar refractivity (Wildman–Crippen MR) is 118 cm³/mol. The quantitative estimate of drug-likeness (QED) is 0.563. The van der Waals surface area contributed by atoms with Crippen LogP contribution >= 0.6 is 11.8 Å². The van der Waals surface area contributed by atoms with Crippen molar-refractivity contribution >= 4 is 33.0 Å². The van der Waals surface area contributed by atoms with Gasteiger partial charge in [-0.3, -0.25) is 4.79 Å². The summed E-state index contributed by atoms with van der Waals surface area (Å²) < 4.78 is 25.3. The molecule has 0 spiro atoms. The molecule has 0 unspecified atom stereocenters. The normalized spacial score (nSPS) is 18.0. The number of aryl methyl sites for hydroxylation is 2. The van der Waals surface area contributed by atoms with Gasteiger partial charge in [0.05, 0.1) is 34.2 Å². The highest BCUT2D eigenvalue weighted by atomic mass is 32.2. The molecular weight excluding hydrogens is 420 g/mol. The van der Waals surface area contributed by atoms with Crippen LogP contribution in [0, 0.1) is 13.8 Å². The van der Waals surface area contributed by atoms with Gasteiger partial charge in [0.25, 0.3) is 0 Å². The summed E-state index contributed by atoms with van der Waals surface area (Å²) in [5, 5.41) is 5.28. The second-order valence-electron chi connectivity index (χ2n) is 7.69. The van der Waals surface area contributed by atoms with Gasteiger partial charge in [0.15, 0.2) is 15.0 Å². The third-order valence-electron chi connectivity index (χ3n) is 5.40. The van der Waals surface area contributed by atoms with E-state index in [4.69, 9.17) is 4.98 Å². The van der Waals surface area contributed by atoms with Crippen molar-refractivity contribution in [3.8, 4) is 11.3 Å². The second kappa shape index (κ2) is 8.03. The first kappa shape index (κ1) is 20.9. The van der Waals surface area contributed by atoms with Crippen molar-refractivity contribution < 1.29 is 13.2 Å². The summed E-state index contributed by atoms with van der Waals surface area (Å²) in [6, 6.07) is 11.7. The van der Waals surface area contributed by atoms with Crippen molar-refractivity contribution in [2.24, 2.45) is 0 Å². The summed E-state index contributed by atoms with van der Waals surface area (Å²) in [7, 11) is -1.35. The van der Waals surface area contributed by atoms with Crippen molar-refractivity contribution in [1.29, 1.82) is 0 Å². The molecule has 3 heterocycles. The minimum atomic E-state index is -3.03. The molecule has 1 amide bonds. The van der Waals surface area contributed by atoms with E-state index in [1.807, 2.05) is 54.8 Å². The van der Waals surface area contributed by atoms with Crippen LogP contribution < -0.4 is 0 Å². The van der Waals surface area contributed by atoms with E-state index in [0.717, 1.165) is 28.0 Å². The van der Waals surface area contributed by atoms with Crippen LogP contribution in [0.25, 0.3) is 16.8 Å². The number of sulfone groups is 1. The van der Waals surface area contributed by atoms with E-state index in [9.17, 15) is 13.2 Å². The number of carbonyl (C=O) groups excluding carboxylic acids is 1. The van der Waals surface area contributed by atoms with Crippen LogP contribution in [0.15, 0.2) is 41.6 Å². The van der Waals surface area contributed by atoms with Gasteiger partial charge in [-0.2, -0.15) is 5.10 Å². The first-order chi connectivity index (χ1) is 14.2. The summed E-state index contributed by atoms with van der Waals surface area (Å²) in [5.74, 6) is 0.264. The number of thioether (sulfide) groups is 1. The number of benzene rings is 1. The lowest BCUT2D eigenvalue weighted by Gasteiger charge is -2.23. The Balaban J connectivity index is 1.61. The molecule has 4 rings (SSSR count). The van der Waals surface area contributed by atoms with Crippen molar-refractivity contribution in [2.45, 2.75) is 31.5 Å². The average Bonchev–Trinajstić information content (AvgIpc) is 3.26. The summed E-state index contributed by atoms with van der Waals surface area (Å²) in [4.78, 5) is 19.1. The third-order valence-corrected chi connectivity index (χ3v) is 8.07. The molecule has 1 aromatic carbocycles. The van der Waals surface area contributed by atoms with Gasteiger partial charge in [-0.25, -0.2) is 17.9 Å². The molecule has 1 atom stereocenters. The van der Waals surface area contributed by atoms with Crippen LogP contribution in [-0.2, 0) is 14.6 Å². The highest BCUT2D eigenvalue weighted by Gasteiger charge is 2.32. The summed E-state index contributed by atoms with van der Waals surface area (Å²) in [5.41, 5.74) is 4.71. The number of imidazole rings is 1. The molecule has 1 saturated heterocycles. The predicted octanol–water partition coefficient (Wildman–Crippen LogP) is 2.75. The Kier molecular flexibility index (Phi) is 5.59. The van der Waals surface area contributed by atoms with E-state index in [0.29, 0.717) is 11.6 Å². The fraction of sp³-hybridized carbons (Fsp3) is 0.381. The first-order valence-corrected chi connectivity index (χ1v) is 12.6. The van der Waals surface area contributed by atoms with Gasteiger partial charge in [0.1, 0.15) is 0 Å². The van der Waals surface area contributed by atoms with Crippen LogP contribution in [-0.4, -0.2) is 64.2 Å². The van der Waals surface area contributed by atoms with Gasteiger partial charge in [0.2, 0.25) is 5.91 Å². The van der Waals surface area contributed by atoms with Crippen LogP contribution in [0.1, 0.15) is 17.7 Å². The minimum Gasteiger partial charge on any atom is -0.341 e. The zero-order valence-corrected chi connectivity index (χ0v) is 18.8. The number of rotatable bonds is 5. The van der Waals surface area contributed by atoms with Crippen LogP contribution in [0.5, 0.6) is 0 Å². The number of amides is 1. The standard InChI is InChI=1S/C21H24N4O3S2/c1-14-11-15(2)23-25-20(14)19(16-7-5-4-6-8-16)22-21(25)29-12-18(26)24(3)17-9-10-30(27,28)13-17/h4-8,11,17H,9-10,12-13H2,1-3H3/t17-/m1/s1. The molecule has 0 saturated carbocycles. The number of aromatic nitrogens is 3. The summed E-state index contributed by atoms with van der Waals surface area (Å²) in [6.07, 6.45) is 0.500. The molecule has 1 aliphatic rings. The minimum absolute atomic E-state index is 0.0459. The fourth-order valence-electron chi connectivity index (χ4n) is 3.81. The smallest absolute Gasteiger partial charge is 0.233 e. The maximum absolute atomic E-state index is 12.7. The second-order valence-corrected chi connectivity index (χ2v) is 10.9. The molecule has 0 aliphatic carbocycles. The van der Waals surface area contributed by atoms with Crippen molar-refractivity contribution in [2.75, 3.05) is 24.3 Å². The lowest BCUT2D eigenvalue weighted by Crippen LogP contribution is -2.38. The van der Waals surface area contributed by atoms with Gasteiger partial charge in [-0.1, -0.05) is 42.1 Å². The maximum atomic E-state index is 12.7. The van der Waals surface area contributed by atoms with Gasteiger partial charge in [0, 0.05) is 18.7 Å². The molecule has 158 valence electrons. The van der Waals surface area contributed by atoms with E-state index >= 15 is 0 Å². The van der Waals surface area contributed by atoms with Crippen LogP contribution in [0.4, 0.5) is 0 Å². The molecule has 0 N–H and O–H groups in total. The van der Waals surface area contributed by atoms with Gasteiger partial charge >= 0.3 is 0 Å². The van der Waals surface area contributed by atoms with E-state index in [1.54, 1.807) is 11.9 Å². The van der Waals surface area contributed by atoms with Crippen molar-refractivity contribution in [3.63, 3.8) is 0 Å². The fourth-order valence-corrected chi connectivity index (χ4v) is 6.45. The molecule has 7 nitrogen and oxygen atoms in total. The Morgan fingerprint density at radius 2 is 2.00 bits per heavy atom. The SMILES string of the molecule is Cc1cc(C)c2c(-c3ccccc3)nc(SCC(=O)N(C)[C@@H]3CCS(=O)(=O)C3)n2n1. The Hall–Kier alpha value is -2.39. The highest BCUT2D eigenvalue weighted by Crippen LogP contribution is 2.31. The molecule has 1 fully saturated rings. The number of hydrogen-bond acceptors (Lipinski definition) is 6. The van der Waals surface area contributed by atoms with Crippen LogP contribution in [0.2, 0.25) is 0 Å².